The Labute approximate surface area is 361 Å². The first kappa shape index (κ1) is 43.9. The van der Waals surface area contributed by atoms with Crippen LogP contribution in [0.2, 0.25) is 5.04 Å². The maximum absolute atomic E-state index is 14.9. The van der Waals surface area contributed by atoms with Gasteiger partial charge in [-0.15, -0.1) is 0 Å². The smallest absolute Gasteiger partial charge is 0.325 e. The summed E-state index contributed by atoms with van der Waals surface area (Å²) < 4.78 is 13.5. The van der Waals surface area contributed by atoms with Crippen LogP contribution in [0.25, 0.3) is 17.0 Å². The largest absolute Gasteiger partial charge is 0.455 e. The van der Waals surface area contributed by atoms with Gasteiger partial charge in [0, 0.05) is 18.0 Å². The van der Waals surface area contributed by atoms with Crippen LogP contribution in [-0.4, -0.2) is 72.8 Å². The molecule has 3 aromatic carbocycles. The van der Waals surface area contributed by atoms with Crippen molar-refractivity contribution in [2.75, 3.05) is 6.54 Å². The third-order valence-corrected chi connectivity index (χ3v) is 17.9. The molecular formula is C49H61N5O6Si. The molecule has 3 aliphatic rings. The van der Waals surface area contributed by atoms with Crippen LogP contribution in [0.5, 0.6) is 0 Å². The van der Waals surface area contributed by atoms with Gasteiger partial charge in [0.25, 0.3) is 14.2 Å². The maximum Gasteiger partial charge on any atom is 0.325 e. The number of ether oxygens (including phenoxy) is 1. The predicted molar refractivity (Wildman–Crippen MR) is 241 cm³/mol. The van der Waals surface area contributed by atoms with Gasteiger partial charge in [-0.05, 0) is 91.4 Å². The Bertz CT molecular complexity index is 2210. The summed E-state index contributed by atoms with van der Waals surface area (Å²) in [7, 11) is -2.86. The molecule has 1 spiro atoms. The summed E-state index contributed by atoms with van der Waals surface area (Å²) in [4.78, 5) is 60.9. The molecule has 1 saturated carbocycles. The van der Waals surface area contributed by atoms with Crippen LogP contribution in [-0.2, 0) is 28.3 Å². The van der Waals surface area contributed by atoms with Crippen LogP contribution in [0.3, 0.4) is 0 Å². The highest BCUT2D eigenvalue weighted by molar-refractivity contribution is 6.99. The van der Waals surface area contributed by atoms with Gasteiger partial charge in [0.15, 0.2) is 0 Å². The highest BCUT2D eigenvalue weighted by atomic mass is 28.4. The quantitative estimate of drug-likeness (QED) is 0.153. The Balaban J connectivity index is 1.24. The molecule has 1 saturated heterocycles. The minimum absolute atomic E-state index is 0.110. The zero-order chi connectivity index (χ0) is 43.5. The molecule has 7 rings (SSSR count). The number of carbonyl (C=O) groups excluding carboxylic acids is 4. The van der Waals surface area contributed by atoms with Crippen LogP contribution in [0, 0.1) is 11.3 Å². The standard InChI is InChI=1S/C49H61N5O6Si/c1-32(2)43-44(55)50-33(3)45(56)54-30-14-19-41(53-54)46(57)59-34(4)40-23-22-36-21-20-35(31-42(36)51-40)24-27-49(47(58)52-43)28-25-37(26-29-49)60-61(48(5,6)7,38-15-10-8-11-16-38)39-17-12-9-13-18-39/h8-13,15-18,20-24,27,31-34,37,41,43,53H,14,19,25-26,28-30H2,1-7H3,(H,50,55)(H,52,58)/t33-,34+,37?,41-,43-,49?/m0/s1. The van der Waals surface area contributed by atoms with Crippen LogP contribution < -0.4 is 26.4 Å². The van der Waals surface area contributed by atoms with Crippen molar-refractivity contribution >= 4 is 59.4 Å². The number of hydrogen-bond acceptors (Lipinski definition) is 8. The molecular weight excluding hydrogens is 783 g/mol. The average Bonchev–Trinajstić information content (AvgIpc) is 3.26. The van der Waals surface area contributed by atoms with Crippen LogP contribution in [0.15, 0.2) is 97.1 Å². The number of hydrazine groups is 1. The Morgan fingerprint density at radius 1 is 0.852 bits per heavy atom. The Morgan fingerprint density at radius 3 is 2.11 bits per heavy atom. The number of nitrogens with one attached hydrogen (secondary N) is 3. The highest BCUT2D eigenvalue weighted by Crippen LogP contribution is 2.44. The van der Waals surface area contributed by atoms with E-state index in [9.17, 15) is 19.2 Å². The average molecular weight is 844 g/mol. The molecule has 3 N–H and O–H groups in total. The first-order chi connectivity index (χ1) is 29.1. The van der Waals surface area contributed by atoms with Gasteiger partial charge in [0.05, 0.1) is 16.6 Å². The number of aromatic nitrogens is 1. The van der Waals surface area contributed by atoms with Crippen molar-refractivity contribution in [2.24, 2.45) is 11.3 Å². The van der Waals surface area contributed by atoms with Gasteiger partial charge in [-0.2, -0.15) is 0 Å². The van der Waals surface area contributed by atoms with Crippen molar-refractivity contribution in [3.05, 3.63) is 108 Å². The second-order valence-corrected chi connectivity index (χ2v) is 22.7. The highest BCUT2D eigenvalue weighted by Gasteiger charge is 2.53. The molecule has 5 bridgehead atoms. The number of benzene rings is 3. The lowest BCUT2D eigenvalue weighted by atomic mass is 9.71. The lowest BCUT2D eigenvalue weighted by molar-refractivity contribution is -0.157. The van der Waals surface area contributed by atoms with E-state index in [2.05, 4.69) is 85.4 Å². The molecule has 3 amide bonds. The molecule has 12 heteroatoms. The van der Waals surface area contributed by atoms with Gasteiger partial charge in [-0.1, -0.05) is 126 Å². The third-order valence-electron chi connectivity index (χ3n) is 12.8. The molecule has 3 heterocycles. The molecule has 0 radical (unpaired) electrons. The number of rotatable bonds is 5. The second kappa shape index (κ2) is 18.0. The zero-order valence-electron chi connectivity index (χ0n) is 36.6. The van der Waals surface area contributed by atoms with Crippen LogP contribution in [0.1, 0.15) is 104 Å². The Morgan fingerprint density at radius 2 is 1.49 bits per heavy atom. The van der Waals surface area contributed by atoms with E-state index >= 15 is 0 Å². The lowest BCUT2D eigenvalue weighted by Gasteiger charge is -2.47. The maximum atomic E-state index is 14.9. The van der Waals surface area contributed by atoms with Crippen molar-refractivity contribution in [2.45, 2.75) is 122 Å². The van der Waals surface area contributed by atoms with Gasteiger partial charge < -0.3 is 19.8 Å². The van der Waals surface area contributed by atoms with Crippen LogP contribution >= 0.6 is 0 Å². The summed E-state index contributed by atoms with van der Waals surface area (Å²) in [5.41, 5.74) is 4.27. The fourth-order valence-electron chi connectivity index (χ4n) is 9.22. The molecule has 322 valence electrons. The van der Waals surface area contributed by atoms with Gasteiger partial charge in [0.2, 0.25) is 11.8 Å². The monoisotopic (exact) mass is 843 g/mol. The molecule has 4 aromatic rings. The minimum atomic E-state index is -2.86. The third kappa shape index (κ3) is 9.22. The molecule has 2 aliphatic heterocycles. The second-order valence-electron chi connectivity index (χ2n) is 18.5. The number of nitrogens with zero attached hydrogens (tertiary/aromatic N) is 2. The van der Waals surface area contributed by atoms with E-state index in [1.165, 1.54) is 15.4 Å². The van der Waals surface area contributed by atoms with Crippen LogP contribution in [0.4, 0.5) is 0 Å². The van der Waals surface area contributed by atoms with E-state index in [0.29, 0.717) is 50.8 Å². The number of amides is 3. The summed E-state index contributed by atoms with van der Waals surface area (Å²) in [6.45, 7) is 14.4. The number of esters is 1. The van der Waals surface area contributed by atoms with E-state index in [0.717, 1.165) is 16.5 Å². The number of carbonyl (C=O) groups is 4. The van der Waals surface area contributed by atoms with Gasteiger partial charge in [0.1, 0.15) is 24.2 Å². The van der Waals surface area contributed by atoms with Gasteiger partial charge >= 0.3 is 5.97 Å². The summed E-state index contributed by atoms with van der Waals surface area (Å²) in [5.74, 6) is -1.83. The summed E-state index contributed by atoms with van der Waals surface area (Å²) in [6.07, 6.45) is 6.57. The summed E-state index contributed by atoms with van der Waals surface area (Å²) in [6, 6.07) is 28.4. The van der Waals surface area contributed by atoms with E-state index < -0.39 is 49.8 Å². The molecule has 11 nitrogen and oxygen atoms in total. The summed E-state index contributed by atoms with van der Waals surface area (Å²) >= 11 is 0. The van der Waals surface area contributed by atoms with Gasteiger partial charge in [-0.3, -0.25) is 24.2 Å². The van der Waals surface area contributed by atoms with Crippen molar-refractivity contribution in [3.8, 4) is 0 Å². The fraction of sp³-hybridized carbons (Fsp3) is 0.449. The minimum Gasteiger partial charge on any atom is -0.455 e. The van der Waals surface area contributed by atoms with Crippen molar-refractivity contribution in [1.82, 2.24) is 26.1 Å². The number of pyridine rings is 1. The lowest BCUT2D eigenvalue weighted by Crippen LogP contribution is -2.68. The zero-order valence-corrected chi connectivity index (χ0v) is 37.6. The topological polar surface area (TPSA) is 139 Å². The number of fused-ring (bicyclic) bond motifs is 4. The van der Waals surface area contributed by atoms with Crippen molar-refractivity contribution in [3.63, 3.8) is 0 Å². The molecule has 61 heavy (non-hydrogen) atoms. The number of cyclic esters (lactones) is 1. The van der Waals surface area contributed by atoms with E-state index in [1.807, 2.05) is 68.5 Å². The van der Waals surface area contributed by atoms with Crippen molar-refractivity contribution in [1.29, 1.82) is 0 Å². The molecule has 0 unspecified atom stereocenters. The Kier molecular flexibility index (Phi) is 13.0. The van der Waals surface area contributed by atoms with E-state index in [4.69, 9.17) is 14.1 Å². The van der Waals surface area contributed by atoms with E-state index in [1.54, 1.807) is 13.8 Å². The Hall–Kier alpha value is -5.17. The summed E-state index contributed by atoms with van der Waals surface area (Å²) in [5, 5.41) is 10.5. The molecule has 4 atom stereocenters. The number of hydrogen-bond donors (Lipinski definition) is 3. The first-order valence-corrected chi connectivity index (χ1v) is 23.8. The fourth-order valence-corrected chi connectivity index (χ4v) is 14.0. The normalized spacial score (nSPS) is 26.0. The first-order valence-electron chi connectivity index (χ1n) is 21.9. The van der Waals surface area contributed by atoms with Gasteiger partial charge in [-0.25, -0.2) is 10.4 Å². The van der Waals surface area contributed by atoms with Crippen molar-refractivity contribution < 1.29 is 28.3 Å². The SMILES string of the molecule is CC(C)[C@@H]1NC(=O)C2(C=Cc3ccc4ccc(nc4c3)[C@@H](C)OC(=O)[C@@H]3CCCN(N3)C(=O)[C@H](C)NC1=O)CCC(O[Si](c1ccccc1)(c1ccccc1)C(C)(C)C)CC2. The predicted octanol–water partition coefficient (Wildman–Crippen LogP) is 6.51. The molecule has 1 aromatic heterocycles. The molecule has 1 aliphatic carbocycles. The molecule has 2 fully saturated rings. The van der Waals surface area contributed by atoms with E-state index in [-0.39, 0.29) is 28.9 Å².